The third-order valence-corrected chi connectivity index (χ3v) is 2.55. The average Bonchev–Trinajstić information content (AvgIpc) is 2.87. The minimum absolute atomic E-state index is 0.0596. The lowest BCUT2D eigenvalue weighted by molar-refractivity contribution is -0.402. The number of furan rings is 1. The van der Waals surface area contributed by atoms with Crippen LogP contribution in [0.5, 0.6) is 5.75 Å². The van der Waals surface area contributed by atoms with Crippen LogP contribution < -0.4 is 4.74 Å². The number of hydrogen-bond donors (Lipinski definition) is 1. The molecule has 0 amide bonds. The molecule has 0 spiro atoms. The minimum Gasteiger partial charge on any atom is -0.496 e. The first-order valence-electron chi connectivity index (χ1n) is 5.28. The van der Waals surface area contributed by atoms with Crippen LogP contribution in [0.1, 0.15) is 17.4 Å². The number of methoxy groups -OCH3 is 1. The van der Waals surface area contributed by atoms with E-state index in [9.17, 15) is 19.6 Å². The van der Waals surface area contributed by atoms with Gasteiger partial charge in [0.25, 0.3) is 0 Å². The highest BCUT2D eigenvalue weighted by atomic mass is 19.1. The monoisotopic (exact) mass is 267 g/mol. The summed E-state index contributed by atoms with van der Waals surface area (Å²) in [7, 11) is 1.37. The van der Waals surface area contributed by atoms with E-state index in [0.717, 1.165) is 12.1 Å². The van der Waals surface area contributed by atoms with E-state index in [1.165, 1.54) is 25.3 Å². The van der Waals surface area contributed by atoms with Crippen LogP contribution in [0.2, 0.25) is 0 Å². The fourth-order valence-electron chi connectivity index (χ4n) is 1.66. The summed E-state index contributed by atoms with van der Waals surface area (Å²) >= 11 is 0. The van der Waals surface area contributed by atoms with E-state index in [-0.39, 0.29) is 17.1 Å². The van der Waals surface area contributed by atoms with Crippen molar-refractivity contribution in [1.29, 1.82) is 0 Å². The van der Waals surface area contributed by atoms with Crippen molar-refractivity contribution in [3.8, 4) is 5.75 Å². The van der Waals surface area contributed by atoms with Crippen LogP contribution in [0.15, 0.2) is 34.7 Å². The zero-order valence-electron chi connectivity index (χ0n) is 9.87. The Kier molecular flexibility index (Phi) is 3.48. The highest BCUT2D eigenvalue weighted by Crippen LogP contribution is 2.32. The number of hydrogen-bond acceptors (Lipinski definition) is 5. The molecule has 7 heteroatoms. The second-order valence-electron chi connectivity index (χ2n) is 3.72. The summed E-state index contributed by atoms with van der Waals surface area (Å²) in [6, 6.07) is 5.99. The van der Waals surface area contributed by atoms with Gasteiger partial charge in [0.2, 0.25) is 0 Å². The number of aliphatic hydroxyl groups is 1. The predicted octanol–water partition coefficient (Wildman–Crippen LogP) is 2.42. The first-order valence-corrected chi connectivity index (χ1v) is 5.28. The minimum atomic E-state index is -1.35. The molecule has 0 aliphatic rings. The molecule has 0 radical (unpaired) electrons. The van der Waals surface area contributed by atoms with Gasteiger partial charge in [0.1, 0.15) is 28.4 Å². The van der Waals surface area contributed by atoms with Gasteiger partial charge in [0, 0.05) is 5.56 Å². The van der Waals surface area contributed by atoms with Gasteiger partial charge in [-0.2, -0.15) is 0 Å². The Hall–Kier alpha value is -2.41. The van der Waals surface area contributed by atoms with Crippen LogP contribution in [-0.4, -0.2) is 17.1 Å². The predicted molar refractivity (Wildman–Crippen MR) is 62.4 cm³/mol. The molecule has 0 aliphatic heterocycles. The zero-order chi connectivity index (χ0) is 14.0. The van der Waals surface area contributed by atoms with Crippen LogP contribution in [0.3, 0.4) is 0 Å². The summed E-state index contributed by atoms with van der Waals surface area (Å²) in [4.78, 5) is 9.77. The van der Waals surface area contributed by atoms with Crippen molar-refractivity contribution in [2.24, 2.45) is 0 Å². The van der Waals surface area contributed by atoms with E-state index in [1.807, 2.05) is 0 Å². The zero-order valence-corrected chi connectivity index (χ0v) is 9.87. The molecule has 1 N–H and O–H groups in total. The summed E-state index contributed by atoms with van der Waals surface area (Å²) in [6.07, 6.45) is -1.35. The lowest BCUT2D eigenvalue weighted by Gasteiger charge is -2.12. The SMILES string of the molecule is COc1ccc(F)cc1C(O)c1ccc([N+](=O)[O-])o1. The summed E-state index contributed by atoms with van der Waals surface area (Å²) in [5.41, 5.74) is 0.131. The number of benzene rings is 1. The molecule has 6 nitrogen and oxygen atoms in total. The molecule has 2 aromatic rings. The topological polar surface area (TPSA) is 85.7 Å². The van der Waals surface area contributed by atoms with Crippen LogP contribution >= 0.6 is 0 Å². The smallest absolute Gasteiger partial charge is 0.433 e. The Morgan fingerprint density at radius 2 is 2.16 bits per heavy atom. The van der Waals surface area contributed by atoms with Gasteiger partial charge < -0.3 is 14.3 Å². The second-order valence-corrected chi connectivity index (χ2v) is 3.72. The largest absolute Gasteiger partial charge is 0.496 e. The molecular formula is C12H10FNO5. The maximum Gasteiger partial charge on any atom is 0.433 e. The molecule has 100 valence electrons. The number of rotatable bonds is 4. The quantitative estimate of drug-likeness (QED) is 0.679. The van der Waals surface area contributed by atoms with Crippen LogP contribution in [-0.2, 0) is 0 Å². The molecule has 19 heavy (non-hydrogen) atoms. The Morgan fingerprint density at radius 1 is 1.42 bits per heavy atom. The molecule has 0 aliphatic carbocycles. The van der Waals surface area contributed by atoms with Gasteiger partial charge in [-0.1, -0.05) is 0 Å². The highest BCUT2D eigenvalue weighted by Gasteiger charge is 2.22. The van der Waals surface area contributed by atoms with Gasteiger partial charge >= 0.3 is 5.88 Å². The van der Waals surface area contributed by atoms with Crippen molar-refractivity contribution in [2.45, 2.75) is 6.10 Å². The lowest BCUT2D eigenvalue weighted by Crippen LogP contribution is -2.02. The van der Waals surface area contributed by atoms with Crippen molar-refractivity contribution >= 4 is 5.88 Å². The van der Waals surface area contributed by atoms with Gasteiger partial charge in [-0.25, -0.2) is 4.39 Å². The van der Waals surface area contributed by atoms with Gasteiger partial charge in [-0.3, -0.25) is 10.1 Å². The number of aliphatic hydroxyl groups excluding tert-OH is 1. The molecule has 0 bridgehead atoms. The third-order valence-electron chi connectivity index (χ3n) is 2.55. The lowest BCUT2D eigenvalue weighted by atomic mass is 10.1. The Balaban J connectivity index is 2.39. The van der Waals surface area contributed by atoms with Gasteiger partial charge in [0.15, 0.2) is 0 Å². The van der Waals surface area contributed by atoms with E-state index in [0.29, 0.717) is 0 Å². The first kappa shape index (κ1) is 13.0. The van der Waals surface area contributed by atoms with E-state index in [2.05, 4.69) is 0 Å². The summed E-state index contributed by atoms with van der Waals surface area (Å²) in [5.74, 6) is -0.858. The normalized spacial score (nSPS) is 12.2. The Labute approximate surface area is 107 Å². The number of halogens is 1. The summed E-state index contributed by atoms with van der Waals surface area (Å²) < 4.78 is 23.1. The van der Waals surface area contributed by atoms with E-state index >= 15 is 0 Å². The van der Waals surface area contributed by atoms with E-state index in [1.54, 1.807) is 0 Å². The Morgan fingerprint density at radius 3 is 2.74 bits per heavy atom. The molecular weight excluding hydrogens is 257 g/mol. The maximum atomic E-state index is 13.2. The van der Waals surface area contributed by atoms with E-state index in [4.69, 9.17) is 9.15 Å². The number of nitrogens with zero attached hydrogens (tertiary/aromatic N) is 1. The van der Waals surface area contributed by atoms with Crippen LogP contribution in [0.25, 0.3) is 0 Å². The third kappa shape index (κ3) is 2.55. The maximum absolute atomic E-state index is 13.2. The number of nitro groups is 1. The van der Waals surface area contributed by atoms with Gasteiger partial charge in [-0.05, 0) is 24.3 Å². The fourth-order valence-corrected chi connectivity index (χ4v) is 1.66. The fraction of sp³-hybridized carbons (Fsp3) is 0.167. The Bertz CT molecular complexity index is 610. The average molecular weight is 267 g/mol. The van der Waals surface area contributed by atoms with Gasteiger partial charge in [-0.15, -0.1) is 0 Å². The highest BCUT2D eigenvalue weighted by molar-refractivity contribution is 5.39. The van der Waals surface area contributed by atoms with Crippen molar-refractivity contribution < 1.29 is 23.6 Å². The molecule has 1 aromatic carbocycles. The van der Waals surface area contributed by atoms with Gasteiger partial charge in [0.05, 0.1) is 13.2 Å². The molecule has 1 heterocycles. The summed E-state index contributed by atoms with van der Waals surface area (Å²) in [6.45, 7) is 0. The molecule has 1 unspecified atom stereocenters. The van der Waals surface area contributed by atoms with Crippen molar-refractivity contribution in [3.63, 3.8) is 0 Å². The molecule has 0 saturated heterocycles. The summed E-state index contributed by atoms with van der Waals surface area (Å²) in [5, 5.41) is 20.6. The standard InChI is InChI=1S/C12H10FNO5/c1-18-9-3-2-7(13)6-8(9)12(15)10-4-5-11(19-10)14(16)17/h2-6,12,15H,1H3. The van der Waals surface area contributed by atoms with Crippen LogP contribution in [0.4, 0.5) is 10.3 Å². The number of ether oxygens (including phenoxy) is 1. The van der Waals surface area contributed by atoms with Crippen molar-refractivity contribution in [3.05, 3.63) is 57.6 Å². The molecule has 2 rings (SSSR count). The molecule has 1 atom stereocenters. The molecule has 0 fully saturated rings. The second kappa shape index (κ2) is 5.07. The van der Waals surface area contributed by atoms with Crippen molar-refractivity contribution in [2.75, 3.05) is 7.11 Å². The van der Waals surface area contributed by atoms with Crippen molar-refractivity contribution in [1.82, 2.24) is 0 Å². The molecule has 1 aromatic heterocycles. The van der Waals surface area contributed by atoms with E-state index < -0.39 is 22.7 Å². The van der Waals surface area contributed by atoms with Crippen LogP contribution in [0, 0.1) is 15.9 Å². The first-order chi connectivity index (χ1) is 9.02. The molecule has 0 saturated carbocycles.